The fraction of sp³-hybridized carbons (Fsp3) is 0.267. The monoisotopic (exact) mass is 289 g/mol. The molecule has 2 heterocycles. The van der Waals surface area contributed by atoms with Crippen molar-refractivity contribution in [3.05, 3.63) is 47.5 Å². The fourth-order valence-electron chi connectivity index (χ4n) is 2.85. The number of hydrogen-bond donors (Lipinski definition) is 1. The second kappa shape index (κ2) is 5.31. The first-order valence-electron chi connectivity index (χ1n) is 6.58. The van der Waals surface area contributed by atoms with Gasteiger partial charge in [0.05, 0.1) is 6.54 Å². The van der Waals surface area contributed by atoms with Crippen LogP contribution in [0.4, 0.5) is 0 Å². The SMILES string of the molecule is Cl.c1cc2c3c(cccc3c1)CN(NC1=NCCO1)C2. The van der Waals surface area contributed by atoms with Crippen LogP contribution in [0.1, 0.15) is 11.1 Å². The van der Waals surface area contributed by atoms with Crippen molar-refractivity contribution < 1.29 is 4.74 Å². The molecule has 0 saturated carbocycles. The second-order valence-electron chi connectivity index (χ2n) is 4.94. The highest BCUT2D eigenvalue weighted by molar-refractivity contribution is 5.89. The van der Waals surface area contributed by atoms with E-state index in [1.165, 1.54) is 21.9 Å². The lowest BCUT2D eigenvalue weighted by Crippen LogP contribution is -2.42. The number of nitrogens with zero attached hydrogens (tertiary/aromatic N) is 2. The molecule has 2 aromatic rings. The molecule has 0 spiro atoms. The number of rotatable bonds is 1. The zero-order chi connectivity index (χ0) is 12.7. The van der Waals surface area contributed by atoms with Gasteiger partial charge in [-0.15, -0.1) is 12.4 Å². The molecule has 20 heavy (non-hydrogen) atoms. The molecule has 0 aliphatic carbocycles. The van der Waals surface area contributed by atoms with Crippen molar-refractivity contribution in [3.8, 4) is 0 Å². The molecule has 0 amide bonds. The molecule has 0 atom stereocenters. The maximum Gasteiger partial charge on any atom is 0.299 e. The van der Waals surface area contributed by atoms with Gasteiger partial charge in [-0.25, -0.2) is 10.0 Å². The van der Waals surface area contributed by atoms with E-state index in [0.29, 0.717) is 12.6 Å². The third kappa shape index (κ3) is 2.21. The maximum atomic E-state index is 5.41. The van der Waals surface area contributed by atoms with Crippen molar-refractivity contribution >= 4 is 29.2 Å². The van der Waals surface area contributed by atoms with Crippen molar-refractivity contribution in [1.82, 2.24) is 10.4 Å². The lowest BCUT2D eigenvalue weighted by molar-refractivity contribution is 0.184. The fourth-order valence-corrected chi connectivity index (χ4v) is 2.85. The van der Waals surface area contributed by atoms with Crippen LogP contribution < -0.4 is 5.43 Å². The number of ether oxygens (including phenoxy) is 1. The first-order valence-corrected chi connectivity index (χ1v) is 6.58. The molecule has 4 rings (SSSR count). The molecule has 0 bridgehead atoms. The molecule has 2 aliphatic rings. The Morgan fingerprint density at radius 3 is 2.35 bits per heavy atom. The lowest BCUT2D eigenvalue weighted by Gasteiger charge is -2.29. The minimum atomic E-state index is 0. The van der Waals surface area contributed by atoms with Crippen LogP contribution in [0.2, 0.25) is 0 Å². The number of aliphatic imine (C=N–C) groups is 1. The molecule has 0 unspecified atom stereocenters. The van der Waals surface area contributed by atoms with Gasteiger partial charge >= 0.3 is 0 Å². The van der Waals surface area contributed by atoms with Gasteiger partial charge < -0.3 is 4.74 Å². The molecule has 2 aliphatic heterocycles. The van der Waals surface area contributed by atoms with Crippen LogP contribution in [-0.2, 0) is 17.8 Å². The Morgan fingerprint density at radius 2 is 1.75 bits per heavy atom. The van der Waals surface area contributed by atoms with Gasteiger partial charge in [0.15, 0.2) is 0 Å². The first kappa shape index (κ1) is 13.2. The second-order valence-corrected chi connectivity index (χ2v) is 4.94. The van der Waals surface area contributed by atoms with Crippen LogP contribution in [0.5, 0.6) is 0 Å². The van der Waals surface area contributed by atoms with Gasteiger partial charge in [-0.2, -0.15) is 0 Å². The Balaban J connectivity index is 0.00000121. The van der Waals surface area contributed by atoms with E-state index < -0.39 is 0 Å². The van der Waals surface area contributed by atoms with Crippen LogP contribution in [-0.4, -0.2) is 24.2 Å². The van der Waals surface area contributed by atoms with Crippen LogP contribution in [0.25, 0.3) is 10.8 Å². The van der Waals surface area contributed by atoms with E-state index in [9.17, 15) is 0 Å². The molecule has 104 valence electrons. The summed E-state index contributed by atoms with van der Waals surface area (Å²) in [6.07, 6.45) is 0. The molecule has 1 N–H and O–H groups in total. The van der Waals surface area contributed by atoms with Gasteiger partial charge in [0.2, 0.25) is 0 Å². The summed E-state index contributed by atoms with van der Waals surface area (Å²) in [4.78, 5) is 4.28. The predicted molar refractivity (Wildman–Crippen MR) is 81.8 cm³/mol. The summed E-state index contributed by atoms with van der Waals surface area (Å²) in [6.45, 7) is 3.18. The van der Waals surface area contributed by atoms with Gasteiger partial charge in [-0.1, -0.05) is 36.4 Å². The molecular formula is C15H16ClN3O. The molecule has 2 aromatic carbocycles. The van der Waals surface area contributed by atoms with E-state index in [1.54, 1.807) is 0 Å². The summed E-state index contributed by atoms with van der Waals surface area (Å²) in [7, 11) is 0. The summed E-state index contributed by atoms with van der Waals surface area (Å²) >= 11 is 0. The van der Waals surface area contributed by atoms with Gasteiger partial charge in [-0.05, 0) is 21.9 Å². The Labute approximate surface area is 123 Å². The van der Waals surface area contributed by atoms with Gasteiger partial charge in [0.25, 0.3) is 6.02 Å². The highest BCUT2D eigenvalue weighted by Gasteiger charge is 2.20. The minimum absolute atomic E-state index is 0. The van der Waals surface area contributed by atoms with E-state index in [4.69, 9.17) is 4.74 Å². The Hall–Kier alpha value is -1.78. The van der Waals surface area contributed by atoms with Crippen LogP contribution in [0, 0.1) is 0 Å². The molecule has 5 heteroatoms. The normalized spacial score (nSPS) is 17.3. The van der Waals surface area contributed by atoms with E-state index in [0.717, 1.165) is 19.6 Å². The van der Waals surface area contributed by atoms with E-state index in [2.05, 4.69) is 51.8 Å². The standard InChI is InChI=1S/C15H15N3O.ClH/c1-3-11-4-2-6-13-10-18(9-12(5-1)14(11)13)17-15-16-7-8-19-15;/h1-6H,7-10H2,(H,16,17);1H. The molecular weight excluding hydrogens is 274 g/mol. The first-order chi connectivity index (χ1) is 9.40. The largest absolute Gasteiger partial charge is 0.462 e. The predicted octanol–water partition coefficient (Wildman–Crippen LogP) is 2.47. The van der Waals surface area contributed by atoms with Gasteiger partial charge in [-0.3, -0.25) is 5.43 Å². The van der Waals surface area contributed by atoms with E-state index in [-0.39, 0.29) is 12.4 Å². The summed E-state index contributed by atoms with van der Waals surface area (Å²) in [5, 5.41) is 4.88. The van der Waals surface area contributed by atoms with Gasteiger partial charge in [0.1, 0.15) is 6.61 Å². The smallest absolute Gasteiger partial charge is 0.299 e. The van der Waals surface area contributed by atoms with Crippen molar-refractivity contribution in [2.24, 2.45) is 4.99 Å². The van der Waals surface area contributed by atoms with E-state index >= 15 is 0 Å². The van der Waals surface area contributed by atoms with Crippen molar-refractivity contribution in [3.63, 3.8) is 0 Å². The highest BCUT2D eigenvalue weighted by atomic mass is 35.5. The highest BCUT2D eigenvalue weighted by Crippen LogP contribution is 2.28. The molecule has 0 radical (unpaired) electrons. The third-order valence-corrected chi connectivity index (χ3v) is 3.64. The van der Waals surface area contributed by atoms with Gasteiger partial charge in [0, 0.05) is 13.1 Å². The molecule has 0 aromatic heterocycles. The summed E-state index contributed by atoms with van der Waals surface area (Å²) < 4.78 is 5.41. The summed E-state index contributed by atoms with van der Waals surface area (Å²) in [5.74, 6) is 0. The minimum Gasteiger partial charge on any atom is -0.462 e. The Morgan fingerprint density at radius 1 is 1.05 bits per heavy atom. The number of halogens is 1. The lowest BCUT2D eigenvalue weighted by atomic mass is 9.96. The van der Waals surface area contributed by atoms with Crippen LogP contribution in [0.15, 0.2) is 41.4 Å². The maximum absolute atomic E-state index is 5.41. The third-order valence-electron chi connectivity index (χ3n) is 3.64. The number of benzene rings is 2. The number of amidine groups is 1. The molecule has 0 saturated heterocycles. The zero-order valence-electron chi connectivity index (χ0n) is 11.0. The molecule has 0 fully saturated rings. The number of nitrogens with one attached hydrogen (secondary N) is 1. The average Bonchev–Trinajstić information content (AvgIpc) is 2.92. The van der Waals surface area contributed by atoms with Crippen molar-refractivity contribution in [2.45, 2.75) is 13.1 Å². The summed E-state index contributed by atoms with van der Waals surface area (Å²) in [5.41, 5.74) is 5.97. The van der Waals surface area contributed by atoms with Crippen molar-refractivity contribution in [1.29, 1.82) is 0 Å². The average molecular weight is 290 g/mol. The van der Waals surface area contributed by atoms with E-state index in [1.807, 2.05) is 0 Å². The topological polar surface area (TPSA) is 36.9 Å². The Kier molecular flexibility index (Phi) is 3.51. The number of hydrazine groups is 1. The quantitative estimate of drug-likeness (QED) is 0.876. The summed E-state index contributed by atoms with van der Waals surface area (Å²) in [6, 6.07) is 13.6. The molecule has 4 nitrogen and oxygen atoms in total. The van der Waals surface area contributed by atoms with Crippen LogP contribution >= 0.6 is 12.4 Å². The Bertz CT molecular complexity index is 630. The zero-order valence-corrected chi connectivity index (χ0v) is 11.8. The van der Waals surface area contributed by atoms with Crippen molar-refractivity contribution in [2.75, 3.05) is 13.2 Å². The van der Waals surface area contributed by atoms with Crippen LogP contribution in [0.3, 0.4) is 0 Å². The number of hydrogen-bond acceptors (Lipinski definition) is 4.